The van der Waals surface area contributed by atoms with Gasteiger partial charge in [0.1, 0.15) is 5.75 Å². The Hall–Kier alpha value is -2.48. The van der Waals surface area contributed by atoms with Gasteiger partial charge in [-0.2, -0.15) is 0 Å². The molecule has 0 saturated heterocycles. The number of fused-ring (bicyclic) bond motifs is 1. The first-order chi connectivity index (χ1) is 11.6. The SMILES string of the molecule is Cc1nnsc1CN(C)C(=O)CCN1C(=O)COc2ccccc21. The van der Waals surface area contributed by atoms with Crippen LogP contribution in [0.4, 0.5) is 5.69 Å². The summed E-state index contributed by atoms with van der Waals surface area (Å²) in [5.41, 5.74) is 1.56. The molecule has 0 atom stereocenters. The molecule has 0 aliphatic carbocycles. The predicted octanol–water partition coefficient (Wildman–Crippen LogP) is 1.62. The van der Waals surface area contributed by atoms with Gasteiger partial charge in [-0.05, 0) is 30.6 Å². The summed E-state index contributed by atoms with van der Waals surface area (Å²) in [6, 6.07) is 7.35. The number of amides is 2. The summed E-state index contributed by atoms with van der Waals surface area (Å²) in [6.07, 6.45) is 0.252. The van der Waals surface area contributed by atoms with Crippen molar-refractivity contribution in [3.8, 4) is 5.75 Å². The highest BCUT2D eigenvalue weighted by Gasteiger charge is 2.26. The van der Waals surface area contributed by atoms with Crippen molar-refractivity contribution in [3.05, 3.63) is 34.8 Å². The zero-order chi connectivity index (χ0) is 17.1. The Balaban J connectivity index is 1.62. The normalized spacial score (nSPS) is 13.4. The monoisotopic (exact) mass is 346 g/mol. The molecule has 1 aromatic heterocycles. The Morgan fingerprint density at radius 2 is 2.21 bits per heavy atom. The Labute approximate surface area is 144 Å². The maximum absolute atomic E-state index is 12.4. The molecule has 0 bridgehead atoms. The van der Waals surface area contributed by atoms with Crippen LogP contribution in [0, 0.1) is 6.92 Å². The molecular formula is C16H18N4O3S. The zero-order valence-electron chi connectivity index (χ0n) is 13.6. The number of aromatic nitrogens is 2. The highest BCUT2D eigenvalue weighted by Crippen LogP contribution is 2.31. The summed E-state index contributed by atoms with van der Waals surface area (Å²) in [5, 5.41) is 3.95. The molecule has 126 valence electrons. The van der Waals surface area contributed by atoms with Gasteiger partial charge in [-0.3, -0.25) is 9.59 Å². The minimum Gasteiger partial charge on any atom is -0.482 e. The fraction of sp³-hybridized carbons (Fsp3) is 0.375. The van der Waals surface area contributed by atoms with E-state index in [1.165, 1.54) is 11.5 Å². The molecule has 7 nitrogen and oxygen atoms in total. The second-order valence-electron chi connectivity index (χ2n) is 5.58. The zero-order valence-corrected chi connectivity index (χ0v) is 14.4. The van der Waals surface area contributed by atoms with Gasteiger partial charge < -0.3 is 14.5 Å². The van der Waals surface area contributed by atoms with Gasteiger partial charge in [0.05, 0.1) is 22.8 Å². The average Bonchev–Trinajstić information content (AvgIpc) is 2.98. The third-order valence-electron chi connectivity index (χ3n) is 3.91. The van der Waals surface area contributed by atoms with Crippen LogP contribution in [-0.4, -0.2) is 46.5 Å². The molecule has 24 heavy (non-hydrogen) atoms. The minimum absolute atomic E-state index is 0.00672. The van der Waals surface area contributed by atoms with Crippen molar-refractivity contribution in [1.29, 1.82) is 0 Å². The van der Waals surface area contributed by atoms with Crippen molar-refractivity contribution < 1.29 is 14.3 Å². The second-order valence-corrected chi connectivity index (χ2v) is 6.42. The lowest BCUT2D eigenvalue weighted by molar-refractivity contribution is -0.130. The van der Waals surface area contributed by atoms with E-state index in [2.05, 4.69) is 9.59 Å². The number of rotatable bonds is 5. The molecule has 0 fully saturated rings. The molecule has 1 aliphatic heterocycles. The molecule has 0 saturated carbocycles. The Kier molecular flexibility index (Phi) is 4.75. The fourth-order valence-corrected chi connectivity index (χ4v) is 3.18. The summed E-state index contributed by atoms with van der Waals surface area (Å²) in [4.78, 5) is 28.7. The summed E-state index contributed by atoms with van der Waals surface area (Å²) in [5.74, 6) is 0.510. The number of hydrogen-bond acceptors (Lipinski definition) is 6. The van der Waals surface area contributed by atoms with Gasteiger partial charge in [-0.25, -0.2) is 0 Å². The van der Waals surface area contributed by atoms with Crippen molar-refractivity contribution in [2.24, 2.45) is 0 Å². The first-order valence-corrected chi connectivity index (χ1v) is 8.37. The number of nitrogens with zero attached hydrogens (tertiary/aromatic N) is 4. The molecule has 8 heteroatoms. The lowest BCUT2D eigenvalue weighted by Gasteiger charge is -2.29. The molecule has 1 aliphatic rings. The number of aryl methyl sites for hydroxylation is 1. The lowest BCUT2D eigenvalue weighted by Crippen LogP contribution is -2.41. The van der Waals surface area contributed by atoms with E-state index in [1.54, 1.807) is 16.8 Å². The maximum Gasteiger partial charge on any atom is 0.265 e. The van der Waals surface area contributed by atoms with Crippen molar-refractivity contribution in [2.75, 3.05) is 25.1 Å². The van der Waals surface area contributed by atoms with Gasteiger partial charge in [-0.1, -0.05) is 16.6 Å². The largest absolute Gasteiger partial charge is 0.482 e. The molecule has 0 unspecified atom stereocenters. The van der Waals surface area contributed by atoms with Crippen molar-refractivity contribution in [1.82, 2.24) is 14.5 Å². The van der Waals surface area contributed by atoms with E-state index in [0.29, 0.717) is 24.5 Å². The number of benzene rings is 1. The van der Waals surface area contributed by atoms with Gasteiger partial charge in [0, 0.05) is 20.0 Å². The predicted molar refractivity (Wildman–Crippen MR) is 90.0 cm³/mol. The first kappa shape index (κ1) is 16.4. The van der Waals surface area contributed by atoms with Gasteiger partial charge in [0.25, 0.3) is 5.91 Å². The summed E-state index contributed by atoms with van der Waals surface area (Å²) >= 11 is 1.30. The number of ether oxygens (including phenoxy) is 1. The summed E-state index contributed by atoms with van der Waals surface area (Å²) in [7, 11) is 1.75. The standard InChI is InChI=1S/C16H18N4O3S/c1-11-14(24-18-17-11)9-19(2)15(21)7-8-20-12-5-3-4-6-13(12)23-10-16(20)22/h3-6H,7-10H2,1-2H3. The molecule has 2 heterocycles. The van der Waals surface area contributed by atoms with Crippen LogP contribution in [0.25, 0.3) is 0 Å². The number of carbonyl (C=O) groups is 2. The van der Waals surface area contributed by atoms with Crippen molar-refractivity contribution in [2.45, 2.75) is 19.9 Å². The lowest BCUT2D eigenvalue weighted by atomic mass is 10.2. The molecule has 0 N–H and O–H groups in total. The van der Waals surface area contributed by atoms with Gasteiger partial charge in [-0.15, -0.1) is 5.10 Å². The van der Waals surface area contributed by atoms with E-state index < -0.39 is 0 Å². The minimum atomic E-state index is -0.133. The van der Waals surface area contributed by atoms with Gasteiger partial charge in [0.2, 0.25) is 5.91 Å². The van der Waals surface area contributed by atoms with Crippen molar-refractivity contribution in [3.63, 3.8) is 0 Å². The molecule has 1 aromatic carbocycles. The average molecular weight is 346 g/mol. The van der Waals surface area contributed by atoms with E-state index in [0.717, 1.165) is 10.6 Å². The Bertz CT molecular complexity index is 761. The van der Waals surface area contributed by atoms with E-state index in [1.807, 2.05) is 31.2 Å². The van der Waals surface area contributed by atoms with Crippen LogP contribution < -0.4 is 9.64 Å². The highest BCUT2D eigenvalue weighted by molar-refractivity contribution is 7.05. The van der Waals surface area contributed by atoms with E-state index in [-0.39, 0.29) is 24.8 Å². The molecule has 0 spiro atoms. The molecule has 2 aromatic rings. The third kappa shape index (κ3) is 3.38. The van der Waals surface area contributed by atoms with Gasteiger partial charge >= 0.3 is 0 Å². The maximum atomic E-state index is 12.4. The molecular weight excluding hydrogens is 328 g/mol. The second kappa shape index (κ2) is 6.96. The fourth-order valence-electron chi connectivity index (χ4n) is 2.50. The van der Waals surface area contributed by atoms with E-state index in [4.69, 9.17) is 4.74 Å². The molecule has 2 amide bonds. The van der Waals surface area contributed by atoms with Crippen LogP contribution in [0.1, 0.15) is 17.0 Å². The Morgan fingerprint density at radius 1 is 1.42 bits per heavy atom. The van der Waals surface area contributed by atoms with Crippen LogP contribution in [-0.2, 0) is 16.1 Å². The first-order valence-electron chi connectivity index (χ1n) is 7.60. The summed E-state index contributed by atoms with van der Waals surface area (Å²) in [6.45, 7) is 2.70. The smallest absolute Gasteiger partial charge is 0.265 e. The number of hydrogen-bond donors (Lipinski definition) is 0. The summed E-state index contributed by atoms with van der Waals surface area (Å²) < 4.78 is 9.28. The van der Waals surface area contributed by atoms with Crippen LogP contribution in [0.2, 0.25) is 0 Å². The number of anilines is 1. The van der Waals surface area contributed by atoms with E-state index in [9.17, 15) is 9.59 Å². The van der Waals surface area contributed by atoms with Crippen LogP contribution >= 0.6 is 11.5 Å². The van der Waals surface area contributed by atoms with Crippen LogP contribution in [0.15, 0.2) is 24.3 Å². The molecule has 3 rings (SSSR count). The number of carbonyl (C=O) groups excluding carboxylic acids is 2. The van der Waals surface area contributed by atoms with Gasteiger partial charge in [0.15, 0.2) is 6.61 Å². The van der Waals surface area contributed by atoms with E-state index >= 15 is 0 Å². The number of para-hydroxylation sites is 2. The van der Waals surface area contributed by atoms with Crippen LogP contribution in [0.3, 0.4) is 0 Å². The van der Waals surface area contributed by atoms with Crippen LogP contribution in [0.5, 0.6) is 5.75 Å². The van der Waals surface area contributed by atoms with Crippen molar-refractivity contribution >= 4 is 29.0 Å². The highest BCUT2D eigenvalue weighted by atomic mass is 32.1. The quantitative estimate of drug-likeness (QED) is 0.822. The Morgan fingerprint density at radius 3 is 2.96 bits per heavy atom. The third-order valence-corrected chi connectivity index (χ3v) is 4.72. The molecule has 0 radical (unpaired) electrons. The topological polar surface area (TPSA) is 75.6 Å².